The molecule has 10 heteroatoms. The Morgan fingerprint density at radius 1 is 1.06 bits per heavy atom. The SMILES string of the molecule is CC(C)(O)Cn1cc(-c2nc([C@@](C)(c3ccc(-c4cnc(N)nc4)nc3)C3CC3)no2)cn1. The highest BCUT2D eigenvalue weighted by Gasteiger charge is 2.47. The lowest BCUT2D eigenvalue weighted by molar-refractivity contribution is 0.0577. The van der Waals surface area contributed by atoms with Gasteiger partial charge in [0, 0.05) is 30.4 Å². The zero-order valence-electron chi connectivity index (χ0n) is 18.8. The summed E-state index contributed by atoms with van der Waals surface area (Å²) in [6.07, 6.45) is 10.8. The standard InChI is InChI=1S/C23H26N8O2/c1-22(2,32)13-31-12-15(10-28-31)19-29-20(30-33-19)23(3,16-4-5-16)17-6-7-18(25-11-17)14-8-26-21(24)27-9-14/h6-12,16,32H,4-5,13H2,1-3H3,(H2,24,26,27)/t23-/m1/s1. The van der Waals surface area contributed by atoms with Gasteiger partial charge in [0.1, 0.15) is 0 Å². The van der Waals surface area contributed by atoms with E-state index < -0.39 is 11.0 Å². The molecule has 0 radical (unpaired) electrons. The summed E-state index contributed by atoms with van der Waals surface area (Å²) in [5.74, 6) is 1.67. The highest BCUT2D eigenvalue weighted by atomic mass is 16.5. The smallest absolute Gasteiger partial charge is 0.261 e. The fourth-order valence-electron chi connectivity index (χ4n) is 4.06. The van der Waals surface area contributed by atoms with Crippen molar-refractivity contribution in [2.75, 3.05) is 5.73 Å². The fraction of sp³-hybridized carbons (Fsp3) is 0.391. The van der Waals surface area contributed by atoms with E-state index in [1.807, 2.05) is 12.3 Å². The monoisotopic (exact) mass is 446 g/mol. The van der Waals surface area contributed by atoms with Gasteiger partial charge in [0.25, 0.3) is 5.89 Å². The number of rotatable bonds is 7. The van der Waals surface area contributed by atoms with Gasteiger partial charge in [-0.15, -0.1) is 0 Å². The second-order valence-corrected chi connectivity index (χ2v) is 9.40. The van der Waals surface area contributed by atoms with E-state index in [2.05, 4.69) is 38.2 Å². The Balaban J connectivity index is 1.43. The molecule has 1 aliphatic rings. The third kappa shape index (κ3) is 4.21. The van der Waals surface area contributed by atoms with Crippen molar-refractivity contribution in [1.82, 2.24) is 34.9 Å². The quantitative estimate of drug-likeness (QED) is 0.438. The largest absolute Gasteiger partial charge is 0.389 e. The second kappa shape index (κ2) is 7.73. The minimum absolute atomic E-state index is 0.232. The maximum Gasteiger partial charge on any atom is 0.261 e. The number of nitrogens with two attached hydrogens (primary N) is 1. The molecule has 0 aliphatic heterocycles. The number of anilines is 1. The van der Waals surface area contributed by atoms with Crippen LogP contribution < -0.4 is 5.73 Å². The molecule has 5 rings (SSSR count). The summed E-state index contributed by atoms with van der Waals surface area (Å²) in [5, 5.41) is 18.7. The topological polar surface area (TPSA) is 142 Å². The molecule has 0 spiro atoms. The van der Waals surface area contributed by atoms with Crippen LogP contribution in [0.15, 0.2) is 47.6 Å². The van der Waals surface area contributed by atoms with E-state index in [4.69, 9.17) is 15.2 Å². The van der Waals surface area contributed by atoms with Gasteiger partial charge in [-0.05, 0) is 51.2 Å². The normalized spacial score (nSPS) is 16.0. The molecule has 1 atom stereocenters. The molecule has 10 nitrogen and oxygen atoms in total. The van der Waals surface area contributed by atoms with Gasteiger partial charge >= 0.3 is 0 Å². The van der Waals surface area contributed by atoms with Crippen molar-refractivity contribution >= 4 is 5.95 Å². The Labute approximate surface area is 190 Å². The van der Waals surface area contributed by atoms with Crippen molar-refractivity contribution in [2.24, 2.45) is 5.92 Å². The molecule has 1 fully saturated rings. The van der Waals surface area contributed by atoms with Crippen LogP contribution in [-0.4, -0.2) is 45.6 Å². The number of nitrogen functional groups attached to an aromatic ring is 1. The van der Waals surface area contributed by atoms with Crippen molar-refractivity contribution in [3.8, 4) is 22.7 Å². The first kappa shape index (κ1) is 21.2. The van der Waals surface area contributed by atoms with Gasteiger partial charge in [-0.25, -0.2) is 9.97 Å². The molecule has 0 saturated heterocycles. The maximum absolute atomic E-state index is 10.0. The van der Waals surface area contributed by atoms with Crippen LogP contribution in [0.25, 0.3) is 22.7 Å². The van der Waals surface area contributed by atoms with Crippen LogP contribution in [0.5, 0.6) is 0 Å². The Morgan fingerprint density at radius 2 is 1.82 bits per heavy atom. The van der Waals surface area contributed by atoms with Crippen molar-refractivity contribution in [3.05, 3.63) is 54.5 Å². The molecule has 4 aromatic heterocycles. The molecule has 1 aliphatic carbocycles. The fourth-order valence-corrected chi connectivity index (χ4v) is 4.06. The summed E-state index contributed by atoms with van der Waals surface area (Å²) in [6, 6.07) is 4.00. The molecule has 0 bridgehead atoms. The van der Waals surface area contributed by atoms with E-state index in [0.717, 1.165) is 29.7 Å². The van der Waals surface area contributed by atoms with Crippen molar-refractivity contribution in [2.45, 2.75) is 51.2 Å². The predicted octanol–water partition coefficient (Wildman–Crippen LogP) is 2.85. The van der Waals surface area contributed by atoms with Crippen LogP contribution in [0.3, 0.4) is 0 Å². The molecule has 3 N–H and O–H groups in total. The van der Waals surface area contributed by atoms with Gasteiger partial charge in [0.15, 0.2) is 5.82 Å². The maximum atomic E-state index is 10.0. The van der Waals surface area contributed by atoms with Crippen molar-refractivity contribution < 1.29 is 9.63 Å². The number of hydrogen-bond acceptors (Lipinski definition) is 9. The molecule has 33 heavy (non-hydrogen) atoms. The first-order valence-electron chi connectivity index (χ1n) is 10.9. The van der Waals surface area contributed by atoms with Crippen LogP contribution >= 0.6 is 0 Å². The zero-order chi connectivity index (χ0) is 23.2. The summed E-state index contributed by atoms with van der Waals surface area (Å²) in [4.78, 5) is 17.5. The number of hydrogen-bond donors (Lipinski definition) is 2. The first-order valence-corrected chi connectivity index (χ1v) is 10.9. The molecular weight excluding hydrogens is 420 g/mol. The molecular formula is C23H26N8O2. The summed E-state index contributed by atoms with van der Waals surface area (Å²) < 4.78 is 7.29. The lowest BCUT2D eigenvalue weighted by Gasteiger charge is -2.26. The van der Waals surface area contributed by atoms with E-state index in [1.165, 1.54) is 0 Å². The Morgan fingerprint density at radius 3 is 2.45 bits per heavy atom. The minimum Gasteiger partial charge on any atom is -0.389 e. The van der Waals surface area contributed by atoms with Crippen molar-refractivity contribution in [1.29, 1.82) is 0 Å². The summed E-state index contributed by atoms with van der Waals surface area (Å²) in [7, 11) is 0. The van der Waals surface area contributed by atoms with E-state index >= 15 is 0 Å². The number of nitrogens with zero attached hydrogens (tertiary/aromatic N) is 7. The summed E-state index contributed by atoms with van der Waals surface area (Å²) in [5.41, 5.74) is 7.60. The number of aliphatic hydroxyl groups is 1. The van der Waals surface area contributed by atoms with Gasteiger partial charge in [-0.3, -0.25) is 9.67 Å². The van der Waals surface area contributed by atoms with Crippen LogP contribution in [0.4, 0.5) is 5.95 Å². The Hall–Kier alpha value is -3.66. The lowest BCUT2D eigenvalue weighted by Crippen LogP contribution is -2.28. The highest BCUT2D eigenvalue weighted by Crippen LogP contribution is 2.50. The molecule has 4 aromatic rings. The molecule has 4 heterocycles. The Kier molecular flexibility index (Phi) is 4.97. The van der Waals surface area contributed by atoms with E-state index in [1.54, 1.807) is 43.3 Å². The second-order valence-electron chi connectivity index (χ2n) is 9.40. The first-order chi connectivity index (χ1) is 15.7. The average molecular weight is 447 g/mol. The third-order valence-electron chi connectivity index (χ3n) is 6.04. The number of aromatic nitrogens is 7. The lowest BCUT2D eigenvalue weighted by atomic mass is 9.77. The minimum atomic E-state index is -0.870. The van der Waals surface area contributed by atoms with Gasteiger partial charge < -0.3 is 15.4 Å². The predicted molar refractivity (Wildman–Crippen MR) is 121 cm³/mol. The van der Waals surface area contributed by atoms with E-state index in [-0.39, 0.29) is 5.95 Å². The van der Waals surface area contributed by atoms with Gasteiger partial charge in [0.2, 0.25) is 5.95 Å². The van der Waals surface area contributed by atoms with E-state index in [9.17, 15) is 5.11 Å². The third-order valence-corrected chi connectivity index (χ3v) is 6.04. The van der Waals surface area contributed by atoms with Crippen molar-refractivity contribution in [3.63, 3.8) is 0 Å². The average Bonchev–Trinajstić information content (AvgIpc) is 3.35. The van der Waals surface area contributed by atoms with Crippen LogP contribution in [-0.2, 0) is 12.0 Å². The van der Waals surface area contributed by atoms with Crippen LogP contribution in [0.2, 0.25) is 0 Å². The highest BCUT2D eigenvalue weighted by molar-refractivity contribution is 5.58. The Bertz CT molecular complexity index is 1250. The zero-order valence-corrected chi connectivity index (χ0v) is 18.8. The van der Waals surface area contributed by atoms with Gasteiger partial charge in [-0.1, -0.05) is 11.2 Å². The van der Waals surface area contributed by atoms with Gasteiger partial charge in [-0.2, -0.15) is 10.1 Å². The molecule has 0 aromatic carbocycles. The summed E-state index contributed by atoms with van der Waals surface area (Å²) >= 11 is 0. The molecule has 170 valence electrons. The molecule has 1 saturated carbocycles. The van der Waals surface area contributed by atoms with Crippen LogP contribution in [0.1, 0.15) is 45.0 Å². The van der Waals surface area contributed by atoms with Crippen LogP contribution in [0, 0.1) is 5.92 Å². The van der Waals surface area contributed by atoms with E-state index in [0.29, 0.717) is 29.7 Å². The van der Waals surface area contributed by atoms with Gasteiger partial charge in [0.05, 0.1) is 35.0 Å². The summed E-state index contributed by atoms with van der Waals surface area (Å²) in [6.45, 7) is 5.98. The molecule has 0 unspecified atom stereocenters. The number of pyridine rings is 1. The molecule has 0 amide bonds.